The van der Waals surface area contributed by atoms with Crippen molar-refractivity contribution in [3.63, 3.8) is 0 Å². The first-order valence-electron chi connectivity index (χ1n) is 5.96. The molecule has 0 spiro atoms. The molecule has 4 nitrogen and oxygen atoms in total. The van der Waals surface area contributed by atoms with E-state index in [2.05, 4.69) is 13.8 Å². The summed E-state index contributed by atoms with van der Waals surface area (Å²) in [5, 5.41) is 10.2. The van der Waals surface area contributed by atoms with Gasteiger partial charge in [-0.15, -0.1) is 0 Å². The van der Waals surface area contributed by atoms with Crippen LogP contribution in [0, 0.1) is 17.3 Å². The lowest BCUT2D eigenvalue weighted by Crippen LogP contribution is -2.50. The Bertz CT molecular complexity index is 380. The molecule has 1 N–H and O–H groups in total. The number of fused-ring (bicyclic) bond motifs is 1. The average Bonchev–Trinajstić information content (AvgIpc) is 2.36. The van der Waals surface area contributed by atoms with E-state index in [9.17, 15) is 9.67 Å². The summed E-state index contributed by atoms with van der Waals surface area (Å²) in [5.74, 6) is -0.133. The number of aliphatic hydroxyl groups excluding tert-OH is 1. The molecule has 3 atom stereocenters. The fraction of sp³-hybridized carbons (Fsp3) is 0.833. The topological polar surface area (TPSA) is 55.8 Å². The lowest BCUT2D eigenvalue weighted by atomic mass is 9.49. The first-order chi connectivity index (χ1) is 7.86. The summed E-state index contributed by atoms with van der Waals surface area (Å²) in [4.78, 5) is 0. The lowest BCUT2D eigenvalue weighted by molar-refractivity contribution is -0.0172. The SMILES string of the molecule is COP(=O)(OC)[C@H](O)C1=CC[C@@H]2C[C@@H]1C2(C)C. The predicted molar refractivity (Wildman–Crippen MR) is 65.7 cm³/mol. The first kappa shape index (κ1) is 13.3. The van der Waals surface area contributed by atoms with E-state index in [0.717, 1.165) is 18.4 Å². The van der Waals surface area contributed by atoms with E-state index >= 15 is 0 Å². The molecule has 0 radical (unpaired) electrons. The third-order valence-electron chi connectivity index (χ3n) is 4.62. The summed E-state index contributed by atoms with van der Waals surface area (Å²) in [5.41, 5.74) is 1.03. The highest BCUT2D eigenvalue weighted by molar-refractivity contribution is 7.54. The molecule has 0 amide bonds. The van der Waals surface area contributed by atoms with Gasteiger partial charge < -0.3 is 14.2 Å². The molecule has 3 aliphatic rings. The van der Waals surface area contributed by atoms with E-state index < -0.39 is 13.4 Å². The molecular weight excluding hydrogens is 239 g/mol. The molecule has 0 unspecified atom stereocenters. The van der Waals surface area contributed by atoms with Crippen molar-refractivity contribution in [2.45, 2.75) is 32.5 Å². The van der Waals surface area contributed by atoms with E-state index in [-0.39, 0.29) is 5.41 Å². The number of allylic oxidation sites excluding steroid dienone is 1. The van der Waals surface area contributed by atoms with E-state index in [1.54, 1.807) is 0 Å². The van der Waals surface area contributed by atoms with Gasteiger partial charge in [0, 0.05) is 14.2 Å². The van der Waals surface area contributed by atoms with Crippen molar-refractivity contribution in [1.82, 2.24) is 0 Å². The second-order valence-corrected chi connectivity index (χ2v) is 7.82. The minimum atomic E-state index is -3.42. The van der Waals surface area contributed by atoms with Crippen molar-refractivity contribution in [3.05, 3.63) is 11.6 Å². The van der Waals surface area contributed by atoms with Gasteiger partial charge in [-0.05, 0) is 35.7 Å². The summed E-state index contributed by atoms with van der Waals surface area (Å²) in [6, 6.07) is 0. The molecule has 2 bridgehead atoms. The van der Waals surface area contributed by atoms with E-state index in [1.165, 1.54) is 14.2 Å². The van der Waals surface area contributed by atoms with Crippen LogP contribution >= 0.6 is 7.60 Å². The zero-order valence-corrected chi connectivity index (χ0v) is 11.7. The molecule has 98 valence electrons. The Morgan fingerprint density at radius 1 is 1.47 bits per heavy atom. The smallest absolute Gasteiger partial charge is 0.362 e. The molecule has 0 aromatic carbocycles. The molecule has 0 heterocycles. The first-order valence-corrected chi connectivity index (χ1v) is 7.57. The molecule has 17 heavy (non-hydrogen) atoms. The number of hydrogen-bond donors (Lipinski definition) is 1. The quantitative estimate of drug-likeness (QED) is 0.623. The molecule has 1 saturated carbocycles. The highest BCUT2D eigenvalue weighted by Crippen LogP contribution is 2.64. The second kappa shape index (κ2) is 4.20. The molecular formula is C12H21O4P. The van der Waals surface area contributed by atoms with Crippen molar-refractivity contribution in [2.75, 3.05) is 14.2 Å². The third kappa shape index (κ3) is 1.82. The van der Waals surface area contributed by atoms with Crippen molar-refractivity contribution >= 4 is 7.60 Å². The summed E-state index contributed by atoms with van der Waals surface area (Å²) < 4.78 is 21.9. The Hall–Kier alpha value is -0.150. The van der Waals surface area contributed by atoms with Gasteiger partial charge in [-0.2, -0.15) is 0 Å². The van der Waals surface area contributed by atoms with Gasteiger partial charge in [0.15, 0.2) is 5.85 Å². The minimum absolute atomic E-state index is 0.192. The average molecular weight is 260 g/mol. The molecule has 0 aliphatic heterocycles. The summed E-state index contributed by atoms with van der Waals surface area (Å²) in [6.07, 6.45) is 4.03. The van der Waals surface area contributed by atoms with Crippen molar-refractivity contribution < 1.29 is 18.7 Å². The molecule has 3 rings (SSSR count). The molecule has 5 heteroatoms. The normalized spacial score (nSPS) is 32.6. The summed E-state index contributed by atoms with van der Waals surface area (Å²) >= 11 is 0. The van der Waals surface area contributed by atoms with Gasteiger partial charge in [-0.25, -0.2) is 0 Å². The Morgan fingerprint density at radius 2 is 2.06 bits per heavy atom. The maximum Gasteiger partial charge on any atom is 0.362 e. The zero-order chi connectivity index (χ0) is 12.8. The fourth-order valence-electron chi connectivity index (χ4n) is 3.14. The fourth-order valence-corrected chi connectivity index (χ4v) is 4.34. The van der Waals surface area contributed by atoms with Crippen LogP contribution in [0.5, 0.6) is 0 Å². The molecule has 3 aliphatic carbocycles. The van der Waals surface area contributed by atoms with E-state index in [4.69, 9.17) is 9.05 Å². The van der Waals surface area contributed by atoms with Gasteiger partial charge in [0.1, 0.15) is 0 Å². The van der Waals surface area contributed by atoms with Gasteiger partial charge in [0.25, 0.3) is 0 Å². The second-order valence-electron chi connectivity index (χ2n) is 5.53. The monoisotopic (exact) mass is 260 g/mol. The number of hydrogen-bond acceptors (Lipinski definition) is 4. The molecule has 0 aromatic heterocycles. The highest BCUT2D eigenvalue weighted by atomic mass is 31.2. The van der Waals surface area contributed by atoms with Crippen LogP contribution in [0.2, 0.25) is 0 Å². The lowest BCUT2D eigenvalue weighted by Gasteiger charge is -2.57. The predicted octanol–water partition coefficient (Wildman–Crippen LogP) is 2.78. The Morgan fingerprint density at radius 3 is 2.47 bits per heavy atom. The summed E-state index contributed by atoms with van der Waals surface area (Å²) in [6.45, 7) is 4.41. The maximum atomic E-state index is 12.2. The van der Waals surface area contributed by atoms with Gasteiger partial charge in [0.2, 0.25) is 0 Å². The standard InChI is InChI=1S/C12H21O4P/c1-12(2)8-5-6-9(10(12)7-8)11(13)17(14,15-3)16-4/h6,8,10-11,13H,5,7H2,1-4H3/t8-,10+,11+/m1/s1. The Balaban J connectivity index is 2.24. The maximum absolute atomic E-state index is 12.2. The van der Waals surface area contributed by atoms with Crippen molar-refractivity contribution in [3.8, 4) is 0 Å². The molecule has 0 saturated heterocycles. The van der Waals surface area contributed by atoms with Crippen LogP contribution in [0.4, 0.5) is 0 Å². The Kier molecular flexibility index (Phi) is 3.28. The van der Waals surface area contributed by atoms with Crippen LogP contribution in [0.25, 0.3) is 0 Å². The van der Waals surface area contributed by atoms with Crippen LogP contribution in [-0.2, 0) is 13.6 Å². The van der Waals surface area contributed by atoms with Crippen LogP contribution < -0.4 is 0 Å². The van der Waals surface area contributed by atoms with Gasteiger partial charge in [0.05, 0.1) is 0 Å². The van der Waals surface area contributed by atoms with Crippen LogP contribution in [0.15, 0.2) is 11.6 Å². The van der Waals surface area contributed by atoms with Crippen LogP contribution in [-0.4, -0.2) is 25.2 Å². The van der Waals surface area contributed by atoms with Crippen molar-refractivity contribution in [1.29, 1.82) is 0 Å². The molecule has 1 fully saturated rings. The zero-order valence-electron chi connectivity index (χ0n) is 10.8. The largest absolute Gasteiger partial charge is 0.376 e. The van der Waals surface area contributed by atoms with Crippen LogP contribution in [0.1, 0.15) is 26.7 Å². The molecule has 0 aromatic rings. The van der Waals surface area contributed by atoms with Gasteiger partial charge in [-0.1, -0.05) is 19.9 Å². The summed E-state index contributed by atoms with van der Waals surface area (Å²) in [7, 11) is -0.800. The highest BCUT2D eigenvalue weighted by Gasteiger charge is 2.54. The Labute approximate surface area is 103 Å². The van der Waals surface area contributed by atoms with E-state index in [0.29, 0.717) is 11.8 Å². The third-order valence-corrected chi connectivity index (χ3v) is 6.53. The van der Waals surface area contributed by atoms with Gasteiger partial charge in [-0.3, -0.25) is 4.57 Å². The number of aliphatic hydroxyl groups is 1. The van der Waals surface area contributed by atoms with Gasteiger partial charge >= 0.3 is 7.60 Å². The van der Waals surface area contributed by atoms with E-state index in [1.807, 2.05) is 6.08 Å². The number of rotatable bonds is 4. The van der Waals surface area contributed by atoms with Crippen molar-refractivity contribution in [2.24, 2.45) is 17.3 Å². The minimum Gasteiger partial charge on any atom is -0.376 e. The van der Waals surface area contributed by atoms with Crippen LogP contribution in [0.3, 0.4) is 0 Å².